The third-order valence-electron chi connectivity index (χ3n) is 3.58. The third kappa shape index (κ3) is 4.75. The van der Waals surface area contributed by atoms with Crippen molar-refractivity contribution in [3.63, 3.8) is 0 Å². The van der Waals surface area contributed by atoms with Gasteiger partial charge >= 0.3 is 0 Å². The first-order chi connectivity index (χ1) is 11.1. The molecule has 2 N–H and O–H groups in total. The predicted octanol–water partition coefficient (Wildman–Crippen LogP) is 2.79. The number of carbonyl (C=O) groups is 1. The first-order valence-electron chi connectivity index (χ1n) is 7.56. The Morgan fingerprint density at radius 3 is 2.70 bits per heavy atom. The van der Waals surface area contributed by atoms with Gasteiger partial charge in [-0.05, 0) is 49.6 Å². The highest BCUT2D eigenvalue weighted by Gasteiger charge is 2.10. The minimum Gasteiger partial charge on any atom is -0.385 e. The van der Waals surface area contributed by atoms with E-state index < -0.39 is 0 Å². The van der Waals surface area contributed by atoms with E-state index in [4.69, 9.17) is 4.74 Å². The van der Waals surface area contributed by atoms with Crippen molar-refractivity contribution in [2.24, 2.45) is 0 Å². The molecule has 1 aromatic carbocycles. The lowest BCUT2D eigenvalue weighted by Gasteiger charge is -2.10. The van der Waals surface area contributed by atoms with E-state index in [9.17, 15) is 4.79 Å². The van der Waals surface area contributed by atoms with Crippen LogP contribution in [-0.2, 0) is 4.74 Å². The Balaban J connectivity index is 1.96. The van der Waals surface area contributed by atoms with Crippen LogP contribution in [0.2, 0.25) is 0 Å². The Morgan fingerprint density at radius 2 is 2.00 bits per heavy atom. The van der Waals surface area contributed by atoms with Crippen LogP contribution in [0, 0.1) is 13.8 Å². The van der Waals surface area contributed by atoms with E-state index in [0.29, 0.717) is 12.4 Å². The molecule has 6 nitrogen and oxygen atoms in total. The summed E-state index contributed by atoms with van der Waals surface area (Å²) >= 11 is 0. The number of amides is 1. The molecule has 122 valence electrons. The van der Waals surface area contributed by atoms with Gasteiger partial charge in [-0.25, -0.2) is 0 Å². The number of hydrogen-bond acceptors (Lipinski definition) is 5. The van der Waals surface area contributed by atoms with Gasteiger partial charge in [0.25, 0.3) is 5.91 Å². The maximum Gasteiger partial charge on any atom is 0.276 e. The van der Waals surface area contributed by atoms with Crippen molar-refractivity contribution in [2.75, 3.05) is 30.9 Å². The summed E-state index contributed by atoms with van der Waals surface area (Å²) in [5.41, 5.74) is 3.25. The highest BCUT2D eigenvalue weighted by atomic mass is 16.5. The number of ether oxygens (including phenoxy) is 1. The summed E-state index contributed by atoms with van der Waals surface area (Å²) in [5.74, 6) is 0.376. The molecular weight excluding hydrogens is 292 g/mol. The number of hydrogen-bond donors (Lipinski definition) is 2. The average Bonchev–Trinajstić information content (AvgIpc) is 2.56. The summed E-state index contributed by atoms with van der Waals surface area (Å²) in [6.07, 6.45) is 0.882. The first-order valence-corrected chi connectivity index (χ1v) is 7.56. The first kappa shape index (κ1) is 16.9. The summed E-state index contributed by atoms with van der Waals surface area (Å²) in [5, 5.41) is 14.0. The van der Waals surface area contributed by atoms with Crippen molar-refractivity contribution in [2.45, 2.75) is 20.3 Å². The lowest BCUT2D eigenvalue weighted by molar-refractivity contribution is 0.102. The maximum atomic E-state index is 12.2. The molecule has 0 fully saturated rings. The Kier molecular flexibility index (Phi) is 6.05. The number of aromatic nitrogens is 2. The van der Waals surface area contributed by atoms with E-state index in [1.54, 1.807) is 19.2 Å². The van der Waals surface area contributed by atoms with E-state index in [1.807, 2.05) is 32.0 Å². The molecule has 0 bridgehead atoms. The van der Waals surface area contributed by atoms with E-state index >= 15 is 0 Å². The van der Waals surface area contributed by atoms with Gasteiger partial charge in [-0.15, -0.1) is 10.2 Å². The van der Waals surface area contributed by atoms with Gasteiger partial charge in [0, 0.05) is 25.9 Å². The lowest BCUT2D eigenvalue weighted by atomic mass is 10.1. The predicted molar refractivity (Wildman–Crippen MR) is 90.9 cm³/mol. The van der Waals surface area contributed by atoms with Crippen LogP contribution in [0.1, 0.15) is 28.0 Å². The molecule has 0 spiro atoms. The number of carbonyl (C=O) groups excluding carboxylic acids is 1. The Labute approximate surface area is 136 Å². The van der Waals surface area contributed by atoms with Gasteiger partial charge in [0.2, 0.25) is 0 Å². The Hall–Kier alpha value is -2.47. The molecule has 2 aromatic rings. The van der Waals surface area contributed by atoms with Crippen LogP contribution in [-0.4, -0.2) is 36.4 Å². The topological polar surface area (TPSA) is 76.1 Å². The fourth-order valence-electron chi connectivity index (χ4n) is 2.05. The monoisotopic (exact) mass is 314 g/mol. The maximum absolute atomic E-state index is 12.2. The smallest absolute Gasteiger partial charge is 0.276 e. The van der Waals surface area contributed by atoms with Gasteiger partial charge in [-0.1, -0.05) is 12.1 Å². The molecule has 2 rings (SSSR count). The van der Waals surface area contributed by atoms with E-state index in [-0.39, 0.29) is 11.6 Å². The number of aryl methyl sites for hydroxylation is 1. The van der Waals surface area contributed by atoms with Gasteiger partial charge in [-0.2, -0.15) is 0 Å². The van der Waals surface area contributed by atoms with Gasteiger partial charge in [0.15, 0.2) is 5.69 Å². The molecule has 1 amide bonds. The summed E-state index contributed by atoms with van der Waals surface area (Å²) in [6, 6.07) is 9.20. The van der Waals surface area contributed by atoms with Crippen molar-refractivity contribution in [1.29, 1.82) is 0 Å². The molecule has 0 saturated heterocycles. The minimum absolute atomic E-state index is 0.267. The molecule has 1 heterocycles. The molecule has 0 atom stereocenters. The normalized spacial score (nSPS) is 10.4. The van der Waals surface area contributed by atoms with Crippen molar-refractivity contribution >= 4 is 17.4 Å². The van der Waals surface area contributed by atoms with Crippen molar-refractivity contribution in [3.05, 3.63) is 47.2 Å². The fraction of sp³-hybridized carbons (Fsp3) is 0.353. The summed E-state index contributed by atoms with van der Waals surface area (Å²) in [7, 11) is 1.67. The van der Waals surface area contributed by atoms with Crippen LogP contribution in [0.3, 0.4) is 0 Å². The third-order valence-corrected chi connectivity index (χ3v) is 3.58. The SMILES string of the molecule is COCCCNc1ccc(C(=O)Nc2cccc(C)c2C)nn1. The molecule has 0 aliphatic rings. The lowest BCUT2D eigenvalue weighted by Crippen LogP contribution is -2.16. The Morgan fingerprint density at radius 1 is 1.17 bits per heavy atom. The number of methoxy groups -OCH3 is 1. The number of rotatable bonds is 7. The van der Waals surface area contributed by atoms with Crippen LogP contribution >= 0.6 is 0 Å². The fourth-order valence-corrected chi connectivity index (χ4v) is 2.05. The van der Waals surface area contributed by atoms with E-state index in [2.05, 4.69) is 20.8 Å². The number of nitrogens with one attached hydrogen (secondary N) is 2. The second-order valence-corrected chi connectivity index (χ2v) is 5.28. The largest absolute Gasteiger partial charge is 0.385 e. The molecule has 0 aliphatic heterocycles. The van der Waals surface area contributed by atoms with Crippen LogP contribution in [0.4, 0.5) is 11.5 Å². The van der Waals surface area contributed by atoms with Crippen LogP contribution in [0.25, 0.3) is 0 Å². The quantitative estimate of drug-likeness (QED) is 0.769. The molecule has 0 unspecified atom stereocenters. The molecule has 0 saturated carbocycles. The molecule has 0 aliphatic carbocycles. The zero-order valence-electron chi connectivity index (χ0n) is 13.7. The summed E-state index contributed by atoms with van der Waals surface area (Å²) in [4.78, 5) is 12.2. The van der Waals surface area contributed by atoms with Crippen molar-refractivity contribution < 1.29 is 9.53 Å². The van der Waals surface area contributed by atoms with Crippen molar-refractivity contribution in [1.82, 2.24) is 10.2 Å². The van der Waals surface area contributed by atoms with Crippen LogP contribution in [0.5, 0.6) is 0 Å². The van der Waals surface area contributed by atoms with Gasteiger partial charge < -0.3 is 15.4 Å². The van der Waals surface area contributed by atoms with E-state index in [1.165, 1.54) is 0 Å². The summed E-state index contributed by atoms with van der Waals surface area (Å²) in [6.45, 7) is 5.42. The number of benzene rings is 1. The minimum atomic E-state index is -0.267. The molecule has 1 aromatic heterocycles. The van der Waals surface area contributed by atoms with Crippen LogP contribution < -0.4 is 10.6 Å². The Bertz CT molecular complexity index is 656. The molecular formula is C17H22N4O2. The second-order valence-electron chi connectivity index (χ2n) is 5.28. The highest BCUT2D eigenvalue weighted by molar-refractivity contribution is 6.03. The van der Waals surface area contributed by atoms with Crippen molar-refractivity contribution in [3.8, 4) is 0 Å². The zero-order chi connectivity index (χ0) is 16.7. The van der Waals surface area contributed by atoms with Gasteiger partial charge in [0.05, 0.1) is 0 Å². The highest BCUT2D eigenvalue weighted by Crippen LogP contribution is 2.18. The number of anilines is 2. The van der Waals surface area contributed by atoms with E-state index in [0.717, 1.165) is 29.8 Å². The van der Waals surface area contributed by atoms with Gasteiger partial charge in [0.1, 0.15) is 5.82 Å². The summed E-state index contributed by atoms with van der Waals surface area (Å²) < 4.78 is 4.98. The average molecular weight is 314 g/mol. The van der Waals surface area contributed by atoms with Gasteiger partial charge in [-0.3, -0.25) is 4.79 Å². The second kappa shape index (κ2) is 8.24. The zero-order valence-corrected chi connectivity index (χ0v) is 13.7. The molecule has 0 radical (unpaired) electrons. The van der Waals surface area contributed by atoms with Crippen LogP contribution in [0.15, 0.2) is 30.3 Å². The molecule has 6 heteroatoms. The standard InChI is InChI=1S/C17H22N4O2/c1-12-6-4-7-14(13(12)2)19-17(22)15-8-9-16(21-20-15)18-10-5-11-23-3/h4,6-9H,5,10-11H2,1-3H3,(H,18,21)(H,19,22). The number of nitrogens with zero attached hydrogens (tertiary/aromatic N) is 2. The molecule has 23 heavy (non-hydrogen) atoms.